The van der Waals surface area contributed by atoms with Gasteiger partial charge >= 0.3 is 0 Å². The fourth-order valence-electron chi connectivity index (χ4n) is 1.34. The van der Waals surface area contributed by atoms with Crippen LogP contribution in [0, 0.1) is 11.7 Å². The van der Waals surface area contributed by atoms with E-state index in [2.05, 4.69) is 6.58 Å². The van der Waals surface area contributed by atoms with Crippen molar-refractivity contribution in [3.05, 3.63) is 42.2 Å². The van der Waals surface area contributed by atoms with Crippen LogP contribution in [-0.2, 0) is 0 Å². The number of halogens is 1. The van der Waals surface area contributed by atoms with Gasteiger partial charge in [0.15, 0.2) is 0 Å². The van der Waals surface area contributed by atoms with Gasteiger partial charge in [-0.1, -0.05) is 18.7 Å². The van der Waals surface area contributed by atoms with E-state index in [1.807, 2.05) is 0 Å². The second-order valence-electron chi connectivity index (χ2n) is 3.55. The minimum Gasteiger partial charge on any atom is -0.396 e. The molecule has 0 saturated carbocycles. The third-order valence-electron chi connectivity index (χ3n) is 2.30. The number of aliphatic hydroxyl groups is 2. The van der Waals surface area contributed by atoms with Gasteiger partial charge in [0.2, 0.25) is 0 Å². The van der Waals surface area contributed by atoms with Crippen molar-refractivity contribution in [2.45, 2.75) is 6.42 Å². The molecule has 0 bridgehead atoms. The highest BCUT2D eigenvalue weighted by molar-refractivity contribution is 5.63. The van der Waals surface area contributed by atoms with E-state index in [0.29, 0.717) is 6.42 Å². The van der Waals surface area contributed by atoms with Gasteiger partial charge in [0.25, 0.3) is 0 Å². The number of allylic oxidation sites excluding steroid dienone is 1. The van der Waals surface area contributed by atoms with E-state index in [-0.39, 0.29) is 24.9 Å². The maximum absolute atomic E-state index is 12.6. The molecular formula is C12H15FO2. The highest BCUT2D eigenvalue weighted by Gasteiger charge is 2.09. The molecule has 3 heteroatoms. The van der Waals surface area contributed by atoms with Crippen LogP contribution >= 0.6 is 0 Å². The first-order valence-corrected chi connectivity index (χ1v) is 4.82. The highest BCUT2D eigenvalue weighted by Crippen LogP contribution is 2.20. The van der Waals surface area contributed by atoms with Crippen molar-refractivity contribution in [1.29, 1.82) is 0 Å². The molecule has 1 rings (SSSR count). The summed E-state index contributed by atoms with van der Waals surface area (Å²) in [5.41, 5.74) is 1.63. The molecule has 0 spiro atoms. The Balaban J connectivity index is 2.64. The topological polar surface area (TPSA) is 40.5 Å². The predicted molar refractivity (Wildman–Crippen MR) is 57.7 cm³/mol. The molecule has 1 aromatic rings. The summed E-state index contributed by atoms with van der Waals surface area (Å²) in [6.45, 7) is 3.70. The lowest BCUT2D eigenvalue weighted by molar-refractivity contribution is 0.153. The Bertz CT molecular complexity index is 315. The summed E-state index contributed by atoms with van der Waals surface area (Å²) in [6.07, 6.45) is 0.513. The monoisotopic (exact) mass is 210 g/mol. The Kier molecular flexibility index (Phi) is 4.46. The van der Waals surface area contributed by atoms with Crippen molar-refractivity contribution in [3.63, 3.8) is 0 Å². The minimum atomic E-state index is -0.285. The third kappa shape index (κ3) is 3.46. The van der Waals surface area contributed by atoms with Crippen LogP contribution in [0.25, 0.3) is 5.57 Å². The summed E-state index contributed by atoms with van der Waals surface area (Å²) < 4.78 is 12.6. The van der Waals surface area contributed by atoms with E-state index in [4.69, 9.17) is 10.2 Å². The van der Waals surface area contributed by atoms with Crippen LogP contribution in [0.4, 0.5) is 4.39 Å². The lowest BCUT2D eigenvalue weighted by atomic mass is 9.96. The van der Waals surface area contributed by atoms with Crippen molar-refractivity contribution in [2.75, 3.05) is 13.2 Å². The summed E-state index contributed by atoms with van der Waals surface area (Å²) in [5, 5.41) is 17.8. The van der Waals surface area contributed by atoms with Crippen molar-refractivity contribution < 1.29 is 14.6 Å². The van der Waals surface area contributed by atoms with Gasteiger partial charge in [-0.05, 0) is 29.7 Å². The van der Waals surface area contributed by atoms with Gasteiger partial charge in [-0.2, -0.15) is 0 Å². The van der Waals surface area contributed by atoms with E-state index >= 15 is 0 Å². The average molecular weight is 210 g/mol. The SMILES string of the molecule is C=C(CC(CO)CO)c1ccc(F)cc1. The molecule has 0 radical (unpaired) electrons. The molecule has 0 atom stereocenters. The van der Waals surface area contributed by atoms with Crippen molar-refractivity contribution >= 4 is 5.57 Å². The predicted octanol–water partition coefficient (Wildman–Crippen LogP) is 1.83. The number of hydrogen-bond donors (Lipinski definition) is 2. The zero-order chi connectivity index (χ0) is 11.3. The van der Waals surface area contributed by atoms with E-state index < -0.39 is 0 Å². The van der Waals surface area contributed by atoms with Crippen LogP contribution in [0.2, 0.25) is 0 Å². The van der Waals surface area contributed by atoms with Crippen LogP contribution in [0.15, 0.2) is 30.8 Å². The molecule has 1 aromatic carbocycles. The molecule has 82 valence electrons. The Morgan fingerprint density at radius 2 is 1.73 bits per heavy atom. The second-order valence-corrected chi connectivity index (χ2v) is 3.55. The number of benzene rings is 1. The first-order valence-electron chi connectivity index (χ1n) is 4.82. The Hall–Kier alpha value is -1.19. The van der Waals surface area contributed by atoms with Crippen molar-refractivity contribution in [3.8, 4) is 0 Å². The third-order valence-corrected chi connectivity index (χ3v) is 2.30. The van der Waals surface area contributed by atoms with Gasteiger partial charge < -0.3 is 10.2 Å². The van der Waals surface area contributed by atoms with Gasteiger partial charge in [-0.15, -0.1) is 0 Å². The largest absolute Gasteiger partial charge is 0.396 e. The molecule has 0 unspecified atom stereocenters. The number of aliphatic hydroxyl groups excluding tert-OH is 2. The first kappa shape index (κ1) is 11.9. The van der Waals surface area contributed by atoms with Crippen LogP contribution in [0.3, 0.4) is 0 Å². The lowest BCUT2D eigenvalue weighted by Gasteiger charge is -2.12. The van der Waals surface area contributed by atoms with Gasteiger partial charge in [0.05, 0.1) is 0 Å². The van der Waals surface area contributed by atoms with Gasteiger partial charge in [-0.25, -0.2) is 4.39 Å². The normalized spacial score (nSPS) is 10.7. The molecule has 15 heavy (non-hydrogen) atoms. The van der Waals surface area contributed by atoms with E-state index in [0.717, 1.165) is 11.1 Å². The summed E-state index contributed by atoms with van der Waals surface area (Å²) in [7, 11) is 0. The molecule has 0 heterocycles. The number of rotatable bonds is 5. The van der Waals surface area contributed by atoms with Gasteiger partial charge in [-0.3, -0.25) is 0 Å². The van der Waals surface area contributed by atoms with Crippen LogP contribution in [0.5, 0.6) is 0 Å². The standard InChI is InChI=1S/C12H15FO2/c1-9(6-10(7-14)8-15)11-2-4-12(13)5-3-11/h2-5,10,14-15H,1,6-8H2. The van der Waals surface area contributed by atoms with Gasteiger partial charge in [0.1, 0.15) is 5.82 Å². The van der Waals surface area contributed by atoms with Crippen LogP contribution in [-0.4, -0.2) is 23.4 Å². The highest BCUT2D eigenvalue weighted by atomic mass is 19.1. The molecular weight excluding hydrogens is 195 g/mol. The molecule has 0 amide bonds. The maximum atomic E-state index is 12.6. The Labute approximate surface area is 88.7 Å². The Morgan fingerprint density at radius 3 is 2.20 bits per heavy atom. The summed E-state index contributed by atoms with van der Waals surface area (Å²) >= 11 is 0. The summed E-state index contributed by atoms with van der Waals surface area (Å²) in [4.78, 5) is 0. The minimum absolute atomic E-state index is 0.0727. The summed E-state index contributed by atoms with van der Waals surface area (Å²) in [5.74, 6) is -0.477. The fraction of sp³-hybridized carbons (Fsp3) is 0.333. The Morgan fingerprint density at radius 1 is 1.20 bits per heavy atom. The van der Waals surface area contributed by atoms with Crippen LogP contribution in [0.1, 0.15) is 12.0 Å². The first-order chi connectivity index (χ1) is 7.17. The molecule has 0 aliphatic heterocycles. The van der Waals surface area contributed by atoms with Crippen molar-refractivity contribution in [1.82, 2.24) is 0 Å². The molecule has 0 aromatic heterocycles. The van der Waals surface area contributed by atoms with Gasteiger partial charge in [0, 0.05) is 19.1 Å². The van der Waals surface area contributed by atoms with Crippen LogP contribution < -0.4 is 0 Å². The van der Waals surface area contributed by atoms with E-state index in [9.17, 15) is 4.39 Å². The van der Waals surface area contributed by atoms with E-state index in [1.165, 1.54) is 12.1 Å². The zero-order valence-corrected chi connectivity index (χ0v) is 8.49. The fourth-order valence-corrected chi connectivity index (χ4v) is 1.34. The number of hydrogen-bond acceptors (Lipinski definition) is 2. The zero-order valence-electron chi connectivity index (χ0n) is 8.49. The quantitative estimate of drug-likeness (QED) is 0.778. The van der Waals surface area contributed by atoms with E-state index in [1.54, 1.807) is 12.1 Å². The molecule has 0 aliphatic carbocycles. The second kappa shape index (κ2) is 5.63. The molecule has 0 aliphatic rings. The average Bonchev–Trinajstić information content (AvgIpc) is 2.26. The molecule has 0 fully saturated rings. The maximum Gasteiger partial charge on any atom is 0.123 e. The summed E-state index contributed by atoms with van der Waals surface area (Å²) in [6, 6.07) is 6.02. The smallest absolute Gasteiger partial charge is 0.123 e. The molecule has 0 saturated heterocycles. The molecule has 2 nitrogen and oxygen atoms in total. The molecule has 2 N–H and O–H groups in total. The van der Waals surface area contributed by atoms with Crippen molar-refractivity contribution in [2.24, 2.45) is 5.92 Å². The lowest BCUT2D eigenvalue weighted by Crippen LogP contribution is -2.11.